The van der Waals surface area contributed by atoms with Gasteiger partial charge in [0.1, 0.15) is 0 Å². The van der Waals surface area contributed by atoms with Crippen molar-refractivity contribution in [2.24, 2.45) is 5.92 Å². The second-order valence-electron chi connectivity index (χ2n) is 5.03. The van der Waals surface area contributed by atoms with Crippen LogP contribution in [0.2, 0.25) is 5.02 Å². The van der Waals surface area contributed by atoms with Crippen molar-refractivity contribution in [2.45, 2.75) is 27.3 Å². The van der Waals surface area contributed by atoms with E-state index in [0.29, 0.717) is 29.8 Å². The molecule has 0 aliphatic rings. The Kier molecular flexibility index (Phi) is 4.96. The van der Waals surface area contributed by atoms with Crippen molar-refractivity contribution in [3.8, 4) is 11.4 Å². The van der Waals surface area contributed by atoms with Gasteiger partial charge in [-0.1, -0.05) is 30.6 Å². The zero-order chi connectivity index (χ0) is 15.4. The van der Waals surface area contributed by atoms with Crippen LogP contribution in [0.25, 0.3) is 11.4 Å². The lowest BCUT2D eigenvalue weighted by atomic mass is 10.2. The van der Waals surface area contributed by atoms with E-state index < -0.39 is 0 Å². The highest BCUT2D eigenvalue weighted by molar-refractivity contribution is 6.30. The van der Waals surface area contributed by atoms with Gasteiger partial charge in [-0.3, -0.25) is 4.79 Å². The lowest BCUT2D eigenvalue weighted by Crippen LogP contribution is -2.33. The van der Waals surface area contributed by atoms with E-state index in [9.17, 15) is 4.79 Å². The minimum Gasteiger partial charge on any atom is -0.337 e. The van der Waals surface area contributed by atoms with Crippen molar-refractivity contribution in [1.29, 1.82) is 0 Å². The van der Waals surface area contributed by atoms with E-state index in [1.54, 1.807) is 17.0 Å². The summed E-state index contributed by atoms with van der Waals surface area (Å²) in [6, 6.07) is 7.20. The van der Waals surface area contributed by atoms with Gasteiger partial charge in [0.25, 0.3) is 0 Å². The highest BCUT2D eigenvalue weighted by atomic mass is 35.5. The van der Waals surface area contributed by atoms with Crippen LogP contribution in [-0.4, -0.2) is 27.5 Å². The fourth-order valence-electron chi connectivity index (χ4n) is 1.91. The molecule has 2 aromatic rings. The standard InChI is InChI=1S/C15H18ClN3O2/c1-4-19(15(20)10(2)3)9-13-17-14(18-21-13)11-5-7-12(16)8-6-11/h5-8,10H,4,9H2,1-3H3. The Labute approximate surface area is 128 Å². The van der Waals surface area contributed by atoms with Crippen LogP contribution in [0, 0.1) is 5.92 Å². The monoisotopic (exact) mass is 307 g/mol. The van der Waals surface area contributed by atoms with Crippen LogP contribution in [0.3, 0.4) is 0 Å². The first-order valence-electron chi connectivity index (χ1n) is 6.88. The molecule has 0 fully saturated rings. The third-order valence-corrected chi connectivity index (χ3v) is 3.34. The van der Waals surface area contributed by atoms with Crippen molar-refractivity contribution >= 4 is 17.5 Å². The number of rotatable bonds is 5. The first kappa shape index (κ1) is 15.5. The summed E-state index contributed by atoms with van der Waals surface area (Å²) in [5.41, 5.74) is 0.827. The summed E-state index contributed by atoms with van der Waals surface area (Å²) in [6.07, 6.45) is 0. The van der Waals surface area contributed by atoms with Crippen LogP contribution >= 0.6 is 11.6 Å². The van der Waals surface area contributed by atoms with Gasteiger partial charge in [-0.25, -0.2) is 0 Å². The molecule has 5 nitrogen and oxygen atoms in total. The third kappa shape index (κ3) is 3.82. The second-order valence-corrected chi connectivity index (χ2v) is 5.46. The molecule has 0 aliphatic carbocycles. The van der Waals surface area contributed by atoms with Gasteiger partial charge in [-0.15, -0.1) is 0 Å². The third-order valence-electron chi connectivity index (χ3n) is 3.08. The fraction of sp³-hybridized carbons (Fsp3) is 0.400. The van der Waals surface area contributed by atoms with E-state index >= 15 is 0 Å². The lowest BCUT2D eigenvalue weighted by molar-refractivity contribution is -0.135. The Morgan fingerprint density at radius 1 is 1.33 bits per heavy atom. The number of benzene rings is 1. The molecule has 0 unspecified atom stereocenters. The summed E-state index contributed by atoms with van der Waals surface area (Å²) in [5.74, 6) is 0.942. The van der Waals surface area contributed by atoms with Crippen LogP contribution in [0.1, 0.15) is 26.7 Å². The molecule has 0 aliphatic heterocycles. The number of hydrogen-bond acceptors (Lipinski definition) is 4. The molecule has 0 bridgehead atoms. The largest absolute Gasteiger partial charge is 0.337 e. The molecule has 1 aromatic heterocycles. The van der Waals surface area contributed by atoms with Crippen LogP contribution in [-0.2, 0) is 11.3 Å². The molecule has 0 saturated carbocycles. The first-order chi connectivity index (χ1) is 10.0. The summed E-state index contributed by atoms with van der Waals surface area (Å²) in [7, 11) is 0. The number of nitrogens with zero attached hydrogens (tertiary/aromatic N) is 3. The SMILES string of the molecule is CCN(Cc1nc(-c2ccc(Cl)cc2)no1)C(=O)C(C)C. The lowest BCUT2D eigenvalue weighted by Gasteiger charge is -2.20. The molecule has 0 spiro atoms. The molecule has 0 radical (unpaired) electrons. The fourth-order valence-corrected chi connectivity index (χ4v) is 2.04. The van der Waals surface area contributed by atoms with Gasteiger partial charge in [0.05, 0.1) is 6.54 Å². The molecule has 0 atom stereocenters. The van der Waals surface area contributed by atoms with Crippen molar-refractivity contribution in [1.82, 2.24) is 15.0 Å². The molecular weight excluding hydrogens is 290 g/mol. The molecule has 21 heavy (non-hydrogen) atoms. The molecule has 6 heteroatoms. The minimum atomic E-state index is -0.0522. The van der Waals surface area contributed by atoms with Crippen molar-refractivity contribution in [3.63, 3.8) is 0 Å². The Morgan fingerprint density at radius 3 is 2.57 bits per heavy atom. The Hall–Kier alpha value is -1.88. The number of halogens is 1. The van der Waals surface area contributed by atoms with Gasteiger partial charge in [-0.05, 0) is 31.2 Å². The molecule has 1 amide bonds. The summed E-state index contributed by atoms with van der Waals surface area (Å²) in [6.45, 7) is 6.61. The normalized spacial score (nSPS) is 10.9. The predicted octanol–water partition coefficient (Wildman–Crippen LogP) is 3.39. The van der Waals surface area contributed by atoms with Crippen molar-refractivity contribution in [3.05, 3.63) is 35.2 Å². The molecule has 112 valence electrons. The number of amides is 1. The first-order valence-corrected chi connectivity index (χ1v) is 7.26. The van der Waals surface area contributed by atoms with E-state index in [2.05, 4.69) is 10.1 Å². The maximum atomic E-state index is 12.0. The Morgan fingerprint density at radius 2 is 2.00 bits per heavy atom. The van der Waals surface area contributed by atoms with E-state index in [0.717, 1.165) is 5.56 Å². The summed E-state index contributed by atoms with van der Waals surface area (Å²) < 4.78 is 5.22. The molecule has 0 N–H and O–H groups in total. The van der Waals surface area contributed by atoms with Gasteiger partial charge < -0.3 is 9.42 Å². The smallest absolute Gasteiger partial charge is 0.246 e. The summed E-state index contributed by atoms with van der Waals surface area (Å²) >= 11 is 5.85. The topological polar surface area (TPSA) is 59.2 Å². The Balaban J connectivity index is 2.12. The molecular formula is C15H18ClN3O2. The van der Waals surface area contributed by atoms with Crippen LogP contribution in [0.5, 0.6) is 0 Å². The van der Waals surface area contributed by atoms with E-state index in [1.165, 1.54) is 0 Å². The predicted molar refractivity (Wildman–Crippen MR) is 80.7 cm³/mol. The van der Waals surface area contributed by atoms with Gasteiger partial charge in [0.15, 0.2) is 0 Å². The maximum absolute atomic E-state index is 12.0. The quantitative estimate of drug-likeness (QED) is 0.849. The van der Waals surface area contributed by atoms with Crippen molar-refractivity contribution < 1.29 is 9.32 Å². The average Bonchev–Trinajstić information content (AvgIpc) is 2.93. The number of carbonyl (C=O) groups is 1. The second kappa shape index (κ2) is 6.72. The van der Waals surface area contributed by atoms with E-state index in [1.807, 2.05) is 32.9 Å². The van der Waals surface area contributed by atoms with Crippen LogP contribution < -0.4 is 0 Å². The maximum Gasteiger partial charge on any atom is 0.246 e. The van der Waals surface area contributed by atoms with Crippen LogP contribution in [0.15, 0.2) is 28.8 Å². The number of aromatic nitrogens is 2. The van der Waals surface area contributed by atoms with Gasteiger partial charge in [0.2, 0.25) is 17.6 Å². The van der Waals surface area contributed by atoms with Crippen LogP contribution in [0.4, 0.5) is 0 Å². The highest BCUT2D eigenvalue weighted by Crippen LogP contribution is 2.19. The van der Waals surface area contributed by atoms with Crippen molar-refractivity contribution in [2.75, 3.05) is 6.54 Å². The zero-order valence-corrected chi connectivity index (χ0v) is 13.1. The molecule has 1 heterocycles. The Bertz CT molecular complexity index is 608. The van der Waals surface area contributed by atoms with Gasteiger partial charge in [0, 0.05) is 23.0 Å². The highest BCUT2D eigenvalue weighted by Gasteiger charge is 2.18. The minimum absolute atomic E-state index is 0.0522. The van der Waals surface area contributed by atoms with Gasteiger partial charge in [-0.2, -0.15) is 4.98 Å². The molecule has 0 saturated heterocycles. The number of carbonyl (C=O) groups excluding carboxylic acids is 1. The van der Waals surface area contributed by atoms with Gasteiger partial charge >= 0.3 is 0 Å². The molecule has 1 aromatic carbocycles. The average molecular weight is 308 g/mol. The zero-order valence-electron chi connectivity index (χ0n) is 12.3. The van der Waals surface area contributed by atoms with E-state index in [-0.39, 0.29) is 11.8 Å². The molecule has 2 rings (SSSR count). The summed E-state index contributed by atoms with van der Waals surface area (Å²) in [4.78, 5) is 18.0. The summed E-state index contributed by atoms with van der Waals surface area (Å²) in [5, 5.41) is 4.60. The van der Waals surface area contributed by atoms with E-state index in [4.69, 9.17) is 16.1 Å². The number of hydrogen-bond donors (Lipinski definition) is 0.